The Hall–Kier alpha value is -2.15. The van der Waals surface area contributed by atoms with E-state index in [9.17, 15) is 19.5 Å². The molecule has 160 valence electrons. The molecule has 0 aliphatic heterocycles. The van der Waals surface area contributed by atoms with Crippen LogP contribution in [-0.4, -0.2) is 28.9 Å². The van der Waals surface area contributed by atoms with Gasteiger partial charge in [0, 0.05) is 10.9 Å². The normalized spacial score (nSPS) is 29.7. The molecule has 0 saturated heterocycles. The van der Waals surface area contributed by atoms with Crippen LogP contribution < -0.4 is 10.6 Å². The summed E-state index contributed by atoms with van der Waals surface area (Å²) in [7, 11) is 0. The zero-order valence-corrected chi connectivity index (χ0v) is 17.8. The molecular formula is C23H28N2O4S. The number of nitrogens with one attached hydrogen (secondary N) is 2. The van der Waals surface area contributed by atoms with Gasteiger partial charge in [-0.3, -0.25) is 14.4 Å². The molecule has 0 spiro atoms. The lowest BCUT2D eigenvalue weighted by atomic mass is 9.82. The average Bonchev–Trinajstić information content (AvgIpc) is 3.50. The van der Waals surface area contributed by atoms with Crippen molar-refractivity contribution in [3.8, 4) is 0 Å². The molecule has 4 aliphatic rings. The highest BCUT2D eigenvalue weighted by Crippen LogP contribution is 2.49. The zero-order valence-electron chi connectivity index (χ0n) is 17.0. The fraction of sp³-hybridized carbons (Fsp3) is 0.609. The minimum Gasteiger partial charge on any atom is -0.481 e. The number of anilines is 1. The molecule has 7 heteroatoms. The van der Waals surface area contributed by atoms with Crippen LogP contribution in [0.3, 0.4) is 0 Å². The van der Waals surface area contributed by atoms with E-state index in [0.717, 1.165) is 63.4 Å². The summed E-state index contributed by atoms with van der Waals surface area (Å²) in [6.07, 6.45) is 12.9. The van der Waals surface area contributed by atoms with Crippen LogP contribution in [0, 0.1) is 23.7 Å². The van der Waals surface area contributed by atoms with Gasteiger partial charge in [-0.2, -0.15) is 0 Å². The molecular weight excluding hydrogens is 400 g/mol. The van der Waals surface area contributed by atoms with Crippen LogP contribution in [0.4, 0.5) is 5.00 Å². The van der Waals surface area contributed by atoms with E-state index in [1.165, 1.54) is 16.2 Å². The fourth-order valence-corrected chi connectivity index (χ4v) is 7.22. The van der Waals surface area contributed by atoms with Crippen LogP contribution in [0.2, 0.25) is 0 Å². The number of hydrogen-bond acceptors (Lipinski definition) is 4. The van der Waals surface area contributed by atoms with Crippen LogP contribution in [-0.2, 0) is 22.4 Å². The van der Waals surface area contributed by atoms with Gasteiger partial charge in [0.05, 0.1) is 17.4 Å². The maximum atomic E-state index is 13.2. The van der Waals surface area contributed by atoms with Gasteiger partial charge >= 0.3 is 5.97 Å². The monoisotopic (exact) mass is 428 g/mol. The van der Waals surface area contributed by atoms with Gasteiger partial charge in [-0.1, -0.05) is 25.0 Å². The van der Waals surface area contributed by atoms with Crippen LogP contribution in [0.25, 0.3) is 0 Å². The standard InChI is InChI=1S/C23H28N2O4S/c26-20(17-12-9-10-13(11-12)18(17)23(28)29)25-22-19(15-7-3-4-8-16(15)30-22)21(27)24-14-5-1-2-6-14/h9-10,12-14,17-18H,1-8,11H2,(H,24,27)(H,25,26)(H,28,29). The van der Waals surface area contributed by atoms with Gasteiger partial charge in [0.2, 0.25) is 5.91 Å². The molecule has 3 N–H and O–H groups in total. The van der Waals surface area contributed by atoms with Crippen LogP contribution in [0.15, 0.2) is 12.2 Å². The Balaban J connectivity index is 1.42. The van der Waals surface area contributed by atoms with E-state index in [1.54, 1.807) is 0 Å². The van der Waals surface area contributed by atoms with Gasteiger partial charge in [-0.05, 0) is 62.3 Å². The van der Waals surface area contributed by atoms with Crippen LogP contribution in [0.1, 0.15) is 65.7 Å². The van der Waals surface area contributed by atoms with Crippen LogP contribution >= 0.6 is 11.3 Å². The number of aryl methyl sites for hydroxylation is 1. The zero-order chi connectivity index (χ0) is 20.8. The molecule has 2 saturated carbocycles. The fourth-order valence-electron chi connectivity index (χ4n) is 5.93. The molecule has 1 heterocycles. The lowest BCUT2D eigenvalue weighted by Crippen LogP contribution is -2.37. The quantitative estimate of drug-likeness (QED) is 0.622. The number of rotatable bonds is 5. The summed E-state index contributed by atoms with van der Waals surface area (Å²) in [5.74, 6) is -2.58. The molecule has 4 unspecified atom stereocenters. The predicted octanol–water partition coefficient (Wildman–Crippen LogP) is 3.76. The third kappa shape index (κ3) is 3.37. The summed E-state index contributed by atoms with van der Waals surface area (Å²) in [6, 6.07) is 0.215. The van der Waals surface area contributed by atoms with Gasteiger partial charge in [-0.25, -0.2) is 0 Å². The first-order valence-corrected chi connectivity index (χ1v) is 12.0. The second kappa shape index (κ2) is 7.84. The smallest absolute Gasteiger partial charge is 0.307 e. The van der Waals surface area contributed by atoms with E-state index in [2.05, 4.69) is 10.6 Å². The van der Waals surface area contributed by atoms with Crippen molar-refractivity contribution >= 4 is 34.1 Å². The largest absolute Gasteiger partial charge is 0.481 e. The van der Waals surface area contributed by atoms with Crippen molar-refractivity contribution in [2.75, 3.05) is 5.32 Å². The molecule has 2 bridgehead atoms. The second-order valence-electron chi connectivity index (χ2n) is 9.20. The number of thiophene rings is 1. The summed E-state index contributed by atoms with van der Waals surface area (Å²) in [6.45, 7) is 0. The predicted molar refractivity (Wildman–Crippen MR) is 115 cm³/mol. The Labute approximate surface area is 180 Å². The Morgan fingerprint density at radius 2 is 1.67 bits per heavy atom. The third-order valence-corrected chi connectivity index (χ3v) is 8.58. The highest BCUT2D eigenvalue weighted by Gasteiger charge is 2.51. The molecule has 0 aromatic carbocycles. The SMILES string of the molecule is O=C(NC1CCCC1)c1c(NC(=O)C2C3C=CC(C3)C2C(=O)O)sc2c1CCCC2. The number of carboxylic acids is 1. The molecule has 2 amide bonds. The minimum absolute atomic E-state index is 0.0264. The molecule has 1 aromatic heterocycles. The first kappa shape index (κ1) is 19.8. The molecule has 4 aliphatic carbocycles. The molecule has 4 atom stereocenters. The van der Waals surface area contributed by atoms with Gasteiger partial charge in [-0.15, -0.1) is 11.3 Å². The Morgan fingerprint density at radius 1 is 0.967 bits per heavy atom. The molecule has 5 rings (SSSR count). The van der Waals surface area contributed by atoms with Crippen molar-refractivity contribution in [2.24, 2.45) is 23.7 Å². The van der Waals surface area contributed by atoms with E-state index in [-0.39, 0.29) is 29.7 Å². The lowest BCUT2D eigenvalue weighted by molar-refractivity contribution is -0.146. The van der Waals surface area contributed by atoms with E-state index < -0.39 is 17.8 Å². The number of carbonyl (C=O) groups excluding carboxylic acids is 2. The van der Waals surface area contributed by atoms with Gasteiger partial charge in [0.25, 0.3) is 5.91 Å². The van der Waals surface area contributed by atoms with E-state index in [4.69, 9.17) is 0 Å². The number of hydrogen-bond donors (Lipinski definition) is 3. The summed E-state index contributed by atoms with van der Waals surface area (Å²) >= 11 is 1.51. The number of aliphatic carboxylic acids is 1. The van der Waals surface area contributed by atoms with Crippen molar-refractivity contribution in [3.05, 3.63) is 28.2 Å². The maximum absolute atomic E-state index is 13.2. The molecule has 30 heavy (non-hydrogen) atoms. The van der Waals surface area contributed by atoms with Gasteiger partial charge in [0.15, 0.2) is 0 Å². The van der Waals surface area contributed by atoms with Gasteiger partial charge < -0.3 is 15.7 Å². The van der Waals surface area contributed by atoms with Crippen molar-refractivity contribution in [1.29, 1.82) is 0 Å². The third-order valence-electron chi connectivity index (χ3n) is 7.37. The number of amides is 2. The summed E-state index contributed by atoms with van der Waals surface area (Å²) in [5.41, 5.74) is 1.71. The van der Waals surface area contributed by atoms with Crippen molar-refractivity contribution < 1.29 is 19.5 Å². The number of carboxylic acid groups (broad SMARTS) is 1. The first-order valence-electron chi connectivity index (χ1n) is 11.2. The molecule has 0 radical (unpaired) electrons. The average molecular weight is 429 g/mol. The van der Waals surface area contributed by atoms with Crippen LogP contribution in [0.5, 0.6) is 0 Å². The van der Waals surface area contributed by atoms with Crippen molar-refractivity contribution in [3.63, 3.8) is 0 Å². The molecule has 6 nitrogen and oxygen atoms in total. The highest BCUT2D eigenvalue weighted by atomic mass is 32.1. The van der Waals surface area contributed by atoms with E-state index >= 15 is 0 Å². The number of fused-ring (bicyclic) bond motifs is 3. The Kier molecular flexibility index (Phi) is 5.17. The lowest BCUT2D eigenvalue weighted by Gasteiger charge is -2.24. The Bertz CT molecular complexity index is 915. The summed E-state index contributed by atoms with van der Waals surface area (Å²) < 4.78 is 0. The Morgan fingerprint density at radius 3 is 2.40 bits per heavy atom. The molecule has 2 fully saturated rings. The van der Waals surface area contributed by atoms with Crippen molar-refractivity contribution in [2.45, 2.75) is 63.8 Å². The topological polar surface area (TPSA) is 95.5 Å². The summed E-state index contributed by atoms with van der Waals surface area (Å²) in [4.78, 5) is 39.4. The highest BCUT2D eigenvalue weighted by molar-refractivity contribution is 7.17. The minimum atomic E-state index is -0.906. The van der Waals surface area contributed by atoms with Crippen molar-refractivity contribution in [1.82, 2.24) is 5.32 Å². The second-order valence-corrected chi connectivity index (χ2v) is 10.3. The summed E-state index contributed by atoms with van der Waals surface area (Å²) in [5, 5.41) is 16.5. The van der Waals surface area contributed by atoms with E-state index in [1.807, 2.05) is 12.2 Å². The maximum Gasteiger partial charge on any atom is 0.307 e. The molecule has 1 aromatic rings. The van der Waals surface area contributed by atoms with Gasteiger partial charge in [0.1, 0.15) is 5.00 Å². The number of allylic oxidation sites excluding steroid dienone is 2. The number of carbonyl (C=O) groups is 3. The van der Waals surface area contributed by atoms with E-state index in [0.29, 0.717) is 10.6 Å². The first-order chi connectivity index (χ1) is 14.5.